The van der Waals surface area contributed by atoms with Gasteiger partial charge in [-0.05, 0) is 33.4 Å². The molecule has 0 unspecified atom stereocenters. The lowest BCUT2D eigenvalue weighted by atomic mass is 10.0. The summed E-state index contributed by atoms with van der Waals surface area (Å²) in [7, 11) is 0. The Labute approximate surface area is 150 Å². The molecular weight excluding hydrogens is 393 g/mol. The molecule has 0 bridgehead atoms. The van der Waals surface area contributed by atoms with Gasteiger partial charge in [-0.2, -0.15) is 0 Å². The molecule has 1 atom stereocenters. The summed E-state index contributed by atoms with van der Waals surface area (Å²) in [6.07, 6.45) is 1.83. The Hall–Kier alpha value is -0.170. The summed E-state index contributed by atoms with van der Waals surface area (Å²) in [5.74, 6) is 0. The normalized spacial score (nSPS) is 16.6. The molecule has 21 heavy (non-hydrogen) atoms. The molecular formula is C14H18BrCl2N3S. The first-order valence-corrected chi connectivity index (χ1v) is 8.12. The minimum absolute atomic E-state index is 0. The predicted octanol–water partition coefficient (Wildman–Crippen LogP) is 3.74. The van der Waals surface area contributed by atoms with E-state index in [-0.39, 0.29) is 24.8 Å². The van der Waals surface area contributed by atoms with E-state index in [4.69, 9.17) is 0 Å². The largest absolute Gasteiger partial charge is 0.314 e. The first kappa shape index (κ1) is 18.9. The highest BCUT2D eigenvalue weighted by Gasteiger charge is 2.26. The van der Waals surface area contributed by atoms with Crippen molar-refractivity contribution in [1.29, 1.82) is 0 Å². The third kappa shape index (κ3) is 4.41. The van der Waals surface area contributed by atoms with E-state index in [1.165, 1.54) is 10.4 Å². The van der Waals surface area contributed by atoms with Gasteiger partial charge in [-0.15, -0.1) is 36.2 Å². The molecule has 0 amide bonds. The lowest BCUT2D eigenvalue weighted by Crippen LogP contribution is -2.45. The standard InChI is InChI=1S/C14H16BrN3S.2ClH/c15-14-11(3-1-5-17-14)13(12-4-2-10-19-12)18-8-6-16-7-9-18;;/h1-5,10,13,16H,6-9H2;2*1H/t13-;;/m1../s1. The number of halogens is 3. The Morgan fingerprint density at radius 1 is 1.19 bits per heavy atom. The van der Waals surface area contributed by atoms with Crippen LogP contribution >= 0.6 is 52.1 Å². The van der Waals surface area contributed by atoms with Crippen molar-refractivity contribution in [3.63, 3.8) is 0 Å². The maximum Gasteiger partial charge on any atom is 0.111 e. The van der Waals surface area contributed by atoms with Crippen molar-refractivity contribution in [3.8, 4) is 0 Å². The van der Waals surface area contributed by atoms with Crippen LogP contribution in [0.5, 0.6) is 0 Å². The molecule has 0 saturated carbocycles. The van der Waals surface area contributed by atoms with Crippen LogP contribution in [0.4, 0.5) is 0 Å². The van der Waals surface area contributed by atoms with Gasteiger partial charge in [0.1, 0.15) is 4.60 Å². The SMILES string of the molecule is Brc1ncccc1[C@H](c1cccs1)N1CCNCC1.Cl.Cl. The quantitative estimate of drug-likeness (QED) is 0.781. The molecule has 7 heteroatoms. The zero-order chi connectivity index (χ0) is 13.1. The highest BCUT2D eigenvalue weighted by Crippen LogP contribution is 2.34. The minimum atomic E-state index is 0. The number of nitrogens with one attached hydrogen (secondary N) is 1. The zero-order valence-corrected chi connectivity index (χ0v) is 15.4. The molecule has 3 nitrogen and oxygen atoms in total. The second-order valence-electron chi connectivity index (χ2n) is 4.59. The third-order valence-electron chi connectivity index (χ3n) is 3.41. The summed E-state index contributed by atoms with van der Waals surface area (Å²) in [5, 5.41) is 5.56. The van der Waals surface area contributed by atoms with Gasteiger partial charge in [0.25, 0.3) is 0 Å². The van der Waals surface area contributed by atoms with Crippen LogP contribution in [0.3, 0.4) is 0 Å². The van der Waals surface area contributed by atoms with Gasteiger partial charge in [-0.1, -0.05) is 12.1 Å². The molecule has 0 aliphatic carbocycles. The lowest BCUT2D eigenvalue weighted by Gasteiger charge is -2.35. The molecule has 0 spiro atoms. The van der Waals surface area contributed by atoms with Crippen LogP contribution in [0.2, 0.25) is 0 Å². The summed E-state index contributed by atoms with van der Waals surface area (Å²) in [5.41, 5.74) is 1.26. The summed E-state index contributed by atoms with van der Waals surface area (Å²) in [4.78, 5) is 8.30. The summed E-state index contributed by atoms with van der Waals surface area (Å²) < 4.78 is 0.951. The van der Waals surface area contributed by atoms with Crippen molar-refractivity contribution < 1.29 is 0 Å². The van der Waals surface area contributed by atoms with E-state index in [9.17, 15) is 0 Å². The summed E-state index contributed by atoms with van der Waals surface area (Å²) in [6.45, 7) is 4.26. The van der Waals surface area contributed by atoms with E-state index in [1.807, 2.05) is 23.6 Å². The summed E-state index contributed by atoms with van der Waals surface area (Å²) >= 11 is 5.42. The Morgan fingerprint density at radius 3 is 2.57 bits per heavy atom. The lowest BCUT2D eigenvalue weighted by molar-refractivity contribution is 0.200. The molecule has 1 aliphatic rings. The van der Waals surface area contributed by atoms with Crippen molar-refractivity contribution in [3.05, 3.63) is 50.9 Å². The van der Waals surface area contributed by atoms with Gasteiger partial charge >= 0.3 is 0 Å². The smallest absolute Gasteiger partial charge is 0.111 e. The van der Waals surface area contributed by atoms with Crippen LogP contribution in [-0.4, -0.2) is 36.1 Å². The number of piperazine rings is 1. The van der Waals surface area contributed by atoms with E-state index in [0.29, 0.717) is 6.04 Å². The predicted molar refractivity (Wildman–Crippen MR) is 97.0 cm³/mol. The third-order valence-corrected chi connectivity index (χ3v) is 5.00. The zero-order valence-electron chi connectivity index (χ0n) is 11.4. The molecule has 1 aliphatic heterocycles. The topological polar surface area (TPSA) is 28.2 Å². The molecule has 2 aromatic heterocycles. The second-order valence-corrected chi connectivity index (χ2v) is 6.32. The monoisotopic (exact) mass is 409 g/mol. The molecule has 116 valence electrons. The van der Waals surface area contributed by atoms with Gasteiger partial charge in [0.2, 0.25) is 0 Å². The van der Waals surface area contributed by atoms with Crippen molar-refractivity contribution >= 4 is 52.1 Å². The van der Waals surface area contributed by atoms with Crippen molar-refractivity contribution in [2.75, 3.05) is 26.2 Å². The molecule has 0 aromatic carbocycles. The van der Waals surface area contributed by atoms with Crippen LogP contribution in [0.15, 0.2) is 40.4 Å². The van der Waals surface area contributed by atoms with Crippen molar-refractivity contribution in [1.82, 2.24) is 15.2 Å². The van der Waals surface area contributed by atoms with Crippen LogP contribution in [-0.2, 0) is 0 Å². The molecule has 1 N–H and O–H groups in total. The number of aromatic nitrogens is 1. The maximum absolute atomic E-state index is 4.38. The van der Waals surface area contributed by atoms with Crippen LogP contribution in [0.1, 0.15) is 16.5 Å². The Balaban J connectivity index is 0.00000110. The molecule has 1 fully saturated rings. The van der Waals surface area contributed by atoms with E-state index < -0.39 is 0 Å². The number of rotatable bonds is 3. The first-order chi connectivity index (χ1) is 9.36. The Bertz CT molecular complexity index is 533. The molecule has 1 saturated heterocycles. The van der Waals surface area contributed by atoms with Gasteiger partial charge in [-0.25, -0.2) is 4.98 Å². The van der Waals surface area contributed by atoms with Gasteiger partial charge in [0.15, 0.2) is 0 Å². The van der Waals surface area contributed by atoms with Gasteiger partial charge < -0.3 is 5.32 Å². The van der Waals surface area contributed by atoms with Gasteiger partial charge in [0.05, 0.1) is 6.04 Å². The van der Waals surface area contributed by atoms with E-state index in [0.717, 1.165) is 30.8 Å². The fourth-order valence-corrected chi connectivity index (χ4v) is 3.86. The number of nitrogens with zero attached hydrogens (tertiary/aromatic N) is 2. The Morgan fingerprint density at radius 2 is 1.95 bits per heavy atom. The van der Waals surface area contributed by atoms with Gasteiger partial charge in [-0.3, -0.25) is 4.90 Å². The van der Waals surface area contributed by atoms with E-state index >= 15 is 0 Å². The average molecular weight is 411 g/mol. The van der Waals surface area contributed by atoms with Crippen molar-refractivity contribution in [2.45, 2.75) is 6.04 Å². The number of hydrogen-bond acceptors (Lipinski definition) is 4. The maximum atomic E-state index is 4.38. The van der Waals surface area contributed by atoms with Crippen molar-refractivity contribution in [2.24, 2.45) is 0 Å². The van der Waals surface area contributed by atoms with E-state index in [1.54, 1.807) is 0 Å². The minimum Gasteiger partial charge on any atom is -0.314 e. The van der Waals surface area contributed by atoms with Crippen LogP contribution in [0, 0.1) is 0 Å². The molecule has 3 rings (SSSR count). The fraction of sp³-hybridized carbons (Fsp3) is 0.357. The average Bonchev–Trinajstić information content (AvgIpc) is 2.96. The van der Waals surface area contributed by atoms with Crippen LogP contribution in [0.25, 0.3) is 0 Å². The number of pyridine rings is 1. The second kappa shape index (κ2) is 9.08. The highest BCUT2D eigenvalue weighted by atomic mass is 79.9. The molecule has 3 heterocycles. The van der Waals surface area contributed by atoms with Gasteiger partial charge in [0, 0.05) is 42.8 Å². The molecule has 2 aromatic rings. The van der Waals surface area contributed by atoms with E-state index in [2.05, 4.69) is 54.7 Å². The number of hydrogen-bond donors (Lipinski definition) is 1. The highest BCUT2D eigenvalue weighted by molar-refractivity contribution is 9.10. The molecule has 0 radical (unpaired) electrons. The van der Waals surface area contributed by atoms with Crippen LogP contribution < -0.4 is 5.32 Å². The Kier molecular flexibility index (Phi) is 8.16. The number of thiophene rings is 1. The summed E-state index contributed by atoms with van der Waals surface area (Å²) in [6, 6.07) is 8.84. The first-order valence-electron chi connectivity index (χ1n) is 6.45. The fourth-order valence-electron chi connectivity index (χ4n) is 2.52.